The van der Waals surface area contributed by atoms with Gasteiger partial charge >= 0.3 is 0 Å². The second-order valence-electron chi connectivity index (χ2n) is 3.80. The second-order valence-corrected chi connectivity index (χ2v) is 3.80. The lowest BCUT2D eigenvalue weighted by molar-refractivity contribution is 0.166. The number of aliphatic hydroxyl groups is 1. The number of nitrogens with one attached hydrogen (secondary N) is 1. The maximum absolute atomic E-state index is 8.86. The molecule has 0 aromatic rings. The van der Waals surface area contributed by atoms with Gasteiger partial charge in [0.2, 0.25) is 0 Å². The fourth-order valence-corrected chi connectivity index (χ4v) is 1.62. The summed E-state index contributed by atoms with van der Waals surface area (Å²) in [6.45, 7) is 4.66. The predicted octanol–water partition coefficient (Wildman–Crippen LogP) is 1.32. The zero-order valence-corrected chi connectivity index (χ0v) is 8.08. The Morgan fingerprint density at radius 1 is 1.55 bits per heavy atom. The molecule has 2 nitrogen and oxygen atoms in total. The van der Waals surface area contributed by atoms with Crippen molar-refractivity contribution in [3.05, 3.63) is 0 Å². The molecular weight excluding hydrogens is 162 g/mol. The maximum Gasteiger partial charge on any atom is 0.0584 e. The van der Waals surface area contributed by atoms with Crippen LogP contribution in [-0.4, -0.2) is 23.3 Å². The molecule has 1 heterocycles. The van der Waals surface area contributed by atoms with E-state index >= 15 is 0 Å². The molecule has 0 aromatic carbocycles. The predicted molar refractivity (Wildman–Crippen MR) is 49.2 cm³/mol. The minimum atomic E-state index is 0. The van der Waals surface area contributed by atoms with Crippen LogP contribution >= 0.6 is 12.4 Å². The Morgan fingerprint density at radius 2 is 2.18 bits per heavy atom. The van der Waals surface area contributed by atoms with Crippen molar-refractivity contribution >= 4 is 12.4 Å². The van der Waals surface area contributed by atoms with Crippen molar-refractivity contribution in [2.75, 3.05) is 6.61 Å². The number of hydrogen-bond acceptors (Lipinski definition) is 2. The molecular formula is C8H18ClNO. The fourth-order valence-electron chi connectivity index (χ4n) is 1.62. The molecule has 1 unspecified atom stereocenters. The second kappa shape index (κ2) is 4.29. The number of halogens is 1. The van der Waals surface area contributed by atoms with Gasteiger partial charge < -0.3 is 10.4 Å². The molecule has 1 fully saturated rings. The molecule has 11 heavy (non-hydrogen) atoms. The van der Waals surface area contributed by atoms with Crippen LogP contribution in [0.2, 0.25) is 0 Å². The quantitative estimate of drug-likeness (QED) is 0.637. The van der Waals surface area contributed by atoms with Crippen LogP contribution in [0.1, 0.15) is 33.1 Å². The Morgan fingerprint density at radius 3 is 2.55 bits per heavy atom. The molecule has 0 aliphatic carbocycles. The summed E-state index contributed by atoms with van der Waals surface area (Å²) in [4.78, 5) is 0. The Bertz CT molecular complexity index is 117. The molecule has 0 bridgehead atoms. The van der Waals surface area contributed by atoms with Crippen molar-refractivity contribution in [1.29, 1.82) is 0 Å². The first-order valence-electron chi connectivity index (χ1n) is 4.02. The zero-order chi connectivity index (χ0) is 7.61. The third-order valence-electron chi connectivity index (χ3n) is 2.17. The molecule has 2 N–H and O–H groups in total. The van der Waals surface area contributed by atoms with Gasteiger partial charge in [-0.05, 0) is 26.7 Å². The van der Waals surface area contributed by atoms with Gasteiger partial charge in [0.15, 0.2) is 0 Å². The van der Waals surface area contributed by atoms with E-state index in [-0.39, 0.29) is 24.6 Å². The van der Waals surface area contributed by atoms with Gasteiger partial charge in [-0.25, -0.2) is 0 Å². The summed E-state index contributed by atoms with van der Waals surface area (Å²) in [6, 6.07) is 0.337. The van der Waals surface area contributed by atoms with Gasteiger partial charge in [0.25, 0.3) is 0 Å². The monoisotopic (exact) mass is 179 g/mol. The van der Waals surface area contributed by atoms with Crippen LogP contribution in [0.3, 0.4) is 0 Å². The van der Waals surface area contributed by atoms with E-state index in [4.69, 9.17) is 5.11 Å². The van der Waals surface area contributed by atoms with Gasteiger partial charge in [-0.3, -0.25) is 0 Å². The third-order valence-corrected chi connectivity index (χ3v) is 2.17. The molecule has 1 aliphatic heterocycles. The molecule has 0 saturated carbocycles. The van der Waals surface area contributed by atoms with Crippen LogP contribution < -0.4 is 5.32 Å². The number of aliphatic hydroxyl groups excluding tert-OH is 1. The van der Waals surface area contributed by atoms with E-state index in [1.807, 2.05) is 0 Å². The molecule has 0 aromatic heterocycles. The van der Waals surface area contributed by atoms with Gasteiger partial charge in [0.05, 0.1) is 6.61 Å². The van der Waals surface area contributed by atoms with Crippen molar-refractivity contribution in [2.45, 2.75) is 44.7 Å². The first-order chi connectivity index (χ1) is 4.64. The van der Waals surface area contributed by atoms with Crippen molar-refractivity contribution in [2.24, 2.45) is 0 Å². The van der Waals surface area contributed by atoms with Crippen molar-refractivity contribution in [3.8, 4) is 0 Å². The van der Waals surface area contributed by atoms with Gasteiger partial charge in [0, 0.05) is 11.6 Å². The Kier molecular flexibility index (Phi) is 4.37. The molecule has 68 valence electrons. The van der Waals surface area contributed by atoms with Crippen molar-refractivity contribution in [1.82, 2.24) is 5.32 Å². The molecule has 0 radical (unpaired) electrons. The highest BCUT2D eigenvalue weighted by Crippen LogP contribution is 2.20. The largest absolute Gasteiger partial charge is 0.395 e. The summed E-state index contributed by atoms with van der Waals surface area (Å²) in [5.74, 6) is 0. The summed E-state index contributed by atoms with van der Waals surface area (Å²) in [5, 5.41) is 12.3. The Labute approximate surface area is 74.8 Å². The van der Waals surface area contributed by atoms with E-state index in [1.54, 1.807) is 0 Å². The van der Waals surface area contributed by atoms with Crippen molar-refractivity contribution < 1.29 is 5.11 Å². The molecule has 3 heteroatoms. The third kappa shape index (κ3) is 3.41. The lowest BCUT2D eigenvalue weighted by Crippen LogP contribution is -2.50. The minimum Gasteiger partial charge on any atom is -0.395 e. The first kappa shape index (κ1) is 11.2. The molecule has 1 saturated heterocycles. The van der Waals surface area contributed by atoms with E-state index < -0.39 is 0 Å². The SMILES string of the molecule is CC1(C)CCCC(CO)N1.Cl. The summed E-state index contributed by atoms with van der Waals surface area (Å²) >= 11 is 0. The van der Waals surface area contributed by atoms with E-state index in [1.165, 1.54) is 12.8 Å². The van der Waals surface area contributed by atoms with E-state index in [0.29, 0.717) is 6.04 Å². The molecule has 1 atom stereocenters. The van der Waals surface area contributed by atoms with Crippen LogP contribution in [0.5, 0.6) is 0 Å². The van der Waals surface area contributed by atoms with Gasteiger partial charge in [-0.2, -0.15) is 0 Å². The van der Waals surface area contributed by atoms with Gasteiger partial charge in [-0.15, -0.1) is 12.4 Å². The summed E-state index contributed by atoms with van der Waals surface area (Å²) in [7, 11) is 0. The molecule has 0 spiro atoms. The smallest absolute Gasteiger partial charge is 0.0584 e. The lowest BCUT2D eigenvalue weighted by Gasteiger charge is -2.36. The van der Waals surface area contributed by atoms with Crippen LogP contribution in [0.25, 0.3) is 0 Å². The van der Waals surface area contributed by atoms with Gasteiger partial charge in [0.1, 0.15) is 0 Å². The average molecular weight is 180 g/mol. The van der Waals surface area contributed by atoms with E-state index in [9.17, 15) is 0 Å². The highest BCUT2D eigenvalue weighted by Gasteiger charge is 2.25. The lowest BCUT2D eigenvalue weighted by atomic mass is 9.89. The highest BCUT2D eigenvalue weighted by atomic mass is 35.5. The summed E-state index contributed by atoms with van der Waals surface area (Å²) in [6.07, 6.45) is 3.59. The number of hydrogen-bond donors (Lipinski definition) is 2. The average Bonchev–Trinajstić information content (AvgIpc) is 1.86. The standard InChI is InChI=1S/C8H17NO.ClH/c1-8(2)5-3-4-7(6-10)9-8;/h7,9-10H,3-6H2,1-2H3;1H. The van der Waals surface area contributed by atoms with Gasteiger partial charge in [-0.1, -0.05) is 6.42 Å². The van der Waals surface area contributed by atoms with Crippen LogP contribution in [-0.2, 0) is 0 Å². The van der Waals surface area contributed by atoms with Crippen LogP contribution in [0.4, 0.5) is 0 Å². The van der Waals surface area contributed by atoms with E-state index in [0.717, 1.165) is 6.42 Å². The molecule has 1 rings (SSSR count). The maximum atomic E-state index is 8.86. The fraction of sp³-hybridized carbons (Fsp3) is 1.00. The molecule has 1 aliphatic rings. The topological polar surface area (TPSA) is 32.3 Å². The first-order valence-corrected chi connectivity index (χ1v) is 4.02. The number of rotatable bonds is 1. The summed E-state index contributed by atoms with van der Waals surface area (Å²) < 4.78 is 0. The van der Waals surface area contributed by atoms with E-state index in [2.05, 4.69) is 19.2 Å². The minimum absolute atomic E-state index is 0. The van der Waals surface area contributed by atoms with Crippen molar-refractivity contribution in [3.63, 3.8) is 0 Å². The number of piperidine rings is 1. The van der Waals surface area contributed by atoms with Crippen LogP contribution in [0, 0.1) is 0 Å². The van der Waals surface area contributed by atoms with Crippen LogP contribution in [0.15, 0.2) is 0 Å². The zero-order valence-electron chi connectivity index (χ0n) is 7.26. The Balaban J connectivity index is 0.000001000. The normalized spacial score (nSPS) is 29.2. The highest BCUT2D eigenvalue weighted by molar-refractivity contribution is 5.85. The summed E-state index contributed by atoms with van der Waals surface area (Å²) in [5.41, 5.74) is 0.242. The Hall–Kier alpha value is 0.210. The molecule has 0 amide bonds.